The number of para-hydroxylation sites is 1. The number of aliphatic hydroxyl groups excluding tert-OH is 1. The molecule has 1 N–H and O–H groups in total. The van der Waals surface area contributed by atoms with Crippen molar-refractivity contribution in [3.05, 3.63) is 89.7 Å². The first-order chi connectivity index (χ1) is 15.3. The Bertz CT molecular complexity index is 1480. The first kappa shape index (κ1) is 24.8. The van der Waals surface area contributed by atoms with Gasteiger partial charge in [0.2, 0.25) is 0 Å². The molecule has 3 aromatic carbocycles. The number of hydrogen-bond acceptors (Lipinski definition) is 4. The van der Waals surface area contributed by atoms with Crippen LogP contribution in [-0.4, -0.2) is 15.9 Å². The molecule has 0 aliphatic heterocycles. The van der Waals surface area contributed by atoms with E-state index < -0.39 is 0 Å². The normalized spacial score (nSPS) is 11.2. The Labute approximate surface area is 211 Å². The van der Waals surface area contributed by atoms with Gasteiger partial charge in [-0.1, -0.05) is 50.2 Å². The summed E-state index contributed by atoms with van der Waals surface area (Å²) in [7, 11) is 0. The molecule has 5 aromatic rings. The van der Waals surface area contributed by atoms with Gasteiger partial charge in [-0.15, -0.1) is 46.2 Å². The number of carbonyl (C=O) groups is 1. The number of carbonyl (C=O) groups excluding carboxylic acids is 1. The molecule has 0 aliphatic carbocycles. The van der Waals surface area contributed by atoms with Crippen LogP contribution in [0, 0.1) is 19.9 Å². The third-order valence-corrected chi connectivity index (χ3v) is 6.21. The van der Waals surface area contributed by atoms with Gasteiger partial charge in [0, 0.05) is 57.4 Å². The molecular formula is C28H24IrNO2S-. The zero-order valence-electron chi connectivity index (χ0n) is 18.9. The van der Waals surface area contributed by atoms with Gasteiger partial charge >= 0.3 is 0 Å². The zero-order valence-corrected chi connectivity index (χ0v) is 22.1. The summed E-state index contributed by atoms with van der Waals surface area (Å²) in [6.45, 7) is 7.08. The summed E-state index contributed by atoms with van der Waals surface area (Å²) in [5.41, 5.74) is 5.57. The number of nitrogens with zero attached hydrogens (tertiary/aromatic N) is 1. The van der Waals surface area contributed by atoms with Crippen molar-refractivity contribution in [1.29, 1.82) is 0 Å². The molecule has 0 saturated carbocycles. The van der Waals surface area contributed by atoms with Crippen molar-refractivity contribution in [3.8, 4) is 11.3 Å². The zero-order chi connectivity index (χ0) is 22.8. The largest absolute Gasteiger partial charge is 0.512 e. The summed E-state index contributed by atoms with van der Waals surface area (Å²) < 4.78 is 2.56. The van der Waals surface area contributed by atoms with Crippen molar-refractivity contribution >= 4 is 48.2 Å². The van der Waals surface area contributed by atoms with Crippen molar-refractivity contribution in [2.45, 2.75) is 27.7 Å². The molecule has 1 radical (unpaired) electrons. The van der Waals surface area contributed by atoms with Crippen LogP contribution in [0.5, 0.6) is 0 Å². The number of ketones is 1. The first-order valence-electron chi connectivity index (χ1n) is 10.4. The molecule has 0 fully saturated rings. The van der Waals surface area contributed by atoms with E-state index in [0.717, 1.165) is 22.3 Å². The van der Waals surface area contributed by atoms with Gasteiger partial charge in [-0.3, -0.25) is 9.78 Å². The monoisotopic (exact) mass is 631 g/mol. The van der Waals surface area contributed by atoms with Gasteiger partial charge in [-0.2, -0.15) is 0 Å². The van der Waals surface area contributed by atoms with Gasteiger partial charge in [-0.05, 0) is 26.0 Å². The predicted octanol–water partition coefficient (Wildman–Crippen LogP) is 7.72. The van der Waals surface area contributed by atoms with E-state index in [1.165, 1.54) is 51.0 Å². The van der Waals surface area contributed by atoms with Crippen LogP contribution >= 0.6 is 11.3 Å². The summed E-state index contributed by atoms with van der Waals surface area (Å²) in [5.74, 6) is -0.0625. The Balaban J connectivity index is 0.000000337. The number of hydrogen-bond donors (Lipinski definition) is 1. The van der Waals surface area contributed by atoms with E-state index in [1.807, 2.05) is 11.3 Å². The number of aryl methyl sites for hydroxylation is 2. The van der Waals surface area contributed by atoms with Crippen LogP contribution in [0.2, 0.25) is 0 Å². The summed E-state index contributed by atoms with van der Waals surface area (Å²) >= 11 is 1.83. The van der Waals surface area contributed by atoms with Crippen LogP contribution < -0.4 is 0 Å². The Morgan fingerprint density at radius 1 is 1.00 bits per heavy atom. The number of allylic oxidation sites excluding steroid dienone is 2. The summed E-state index contributed by atoms with van der Waals surface area (Å²) in [5, 5.41) is 12.2. The van der Waals surface area contributed by atoms with Gasteiger partial charge in [0.05, 0.1) is 11.3 Å². The molecule has 0 saturated heterocycles. The third-order valence-electron chi connectivity index (χ3n) is 5.03. The average molecular weight is 631 g/mol. The maximum absolute atomic E-state index is 10.0. The van der Waals surface area contributed by atoms with Gasteiger partial charge in [0.15, 0.2) is 5.78 Å². The summed E-state index contributed by atoms with van der Waals surface area (Å²) in [4.78, 5) is 15.0. The quantitative estimate of drug-likeness (QED) is 0.123. The van der Waals surface area contributed by atoms with Crippen LogP contribution in [0.4, 0.5) is 0 Å². The molecule has 0 spiro atoms. The number of aromatic nitrogens is 1. The number of benzene rings is 3. The van der Waals surface area contributed by atoms with Crippen molar-refractivity contribution in [3.63, 3.8) is 0 Å². The minimum absolute atomic E-state index is 0. The number of thiophene rings is 1. The second-order valence-corrected chi connectivity index (χ2v) is 8.98. The fourth-order valence-electron chi connectivity index (χ4n) is 3.93. The van der Waals surface area contributed by atoms with Crippen LogP contribution in [0.1, 0.15) is 25.0 Å². The number of aliphatic hydroxyl groups is 1. The average Bonchev–Trinajstić information content (AvgIpc) is 3.12. The fourth-order valence-corrected chi connectivity index (χ4v) is 5.15. The number of rotatable bonds is 2. The van der Waals surface area contributed by atoms with Crippen molar-refractivity contribution < 1.29 is 30.0 Å². The summed E-state index contributed by atoms with van der Waals surface area (Å²) in [6.07, 6.45) is 1.17. The Hall–Kier alpha value is -2.85. The molecule has 2 heterocycles. The Morgan fingerprint density at radius 2 is 1.67 bits per heavy atom. The number of pyridine rings is 1. The van der Waals surface area contributed by atoms with Crippen LogP contribution in [0.25, 0.3) is 42.3 Å². The molecule has 3 nitrogen and oxygen atoms in total. The molecule has 0 unspecified atom stereocenters. The van der Waals surface area contributed by atoms with E-state index >= 15 is 0 Å². The van der Waals surface area contributed by atoms with E-state index in [2.05, 4.69) is 80.6 Å². The van der Waals surface area contributed by atoms with Crippen LogP contribution in [-0.2, 0) is 24.9 Å². The molecule has 33 heavy (non-hydrogen) atoms. The third kappa shape index (κ3) is 5.39. The molecule has 2 aromatic heterocycles. The Morgan fingerprint density at radius 3 is 2.30 bits per heavy atom. The topological polar surface area (TPSA) is 50.2 Å². The Kier molecular flexibility index (Phi) is 7.80. The second kappa shape index (κ2) is 10.4. The van der Waals surface area contributed by atoms with Crippen molar-refractivity contribution in [1.82, 2.24) is 4.98 Å². The molecular weight excluding hydrogens is 607 g/mol. The van der Waals surface area contributed by atoms with E-state index in [1.54, 1.807) is 0 Å². The fraction of sp³-hybridized carbons (Fsp3) is 0.143. The van der Waals surface area contributed by atoms with Gasteiger partial charge in [-0.25, -0.2) is 0 Å². The van der Waals surface area contributed by atoms with Crippen molar-refractivity contribution in [2.75, 3.05) is 0 Å². The molecule has 0 amide bonds. The minimum Gasteiger partial charge on any atom is -0.512 e. The maximum atomic E-state index is 10.0. The summed E-state index contributed by atoms with van der Waals surface area (Å²) in [6, 6.07) is 24.9. The van der Waals surface area contributed by atoms with Crippen LogP contribution in [0.15, 0.2) is 72.5 Å². The number of fused-ring (bicyclic) bond motifs is 5. The smallest absolute Gasteiger partial charge is 0.155 e. The molecule has 169 valence electrons. The van der Waals surface area contributed by atoms with Gasteiger partial charge in [0.1, 0.15) is 0 Å². The first-order valence-corrected chi connectivity index (χ1v) is 11.2. The molecule has 0 bridgehead atoms. The van der Waals surface area contributed by atoms with Gasteiger partial charge < -0.3 is 5.11 Å². The standard InChI is InChI=1S/C23H16NS.C5H8O2.Ir/c1-14-11-15(2)13-16(12-14)22-23-21(17-7-3-5-9-19(17)24-22)18-8-4-6-10-20(18)25-23;1-4(6)3-5(2)7;/h3-12H,1-2H3;3,6H,1-2H3;/q-1;;/b;4-3-;. The van der Waals surface area contributed by atoms with Gasteiger partial charge in [0.25, 0.3) is 0 Å². The minimum atomic E-state index is -0.125. The van der Waals surface area contributed by atoms with E-state index in [-0.39, 0.29) is 31.6 Å². The van der Waals surface area contributed by atoms with E-state index in [9.17, 15) is 4.79 Å². The van der Waals surface area contributed by atoms with E-state index in [0.29, 0.717) is 0 Å². The molecule has 0 aliphatic rings. The molecule has 5 heteroatoms. The van der Waals surface area contributed by atoms with Crippen LogP contribution in [0.3, 0.4) is 0 Å². The van der Waals surface area contributed by atoms with Crippen molar-refractivity contribution in [2.24, 2.45) is 0 Å². The van der Waals surface area contributed by atoms with E-state index in [4.69, 9.17) is 10.1 Å². The second-order valence-electron chi connectivity index (χ2n) is 7.93. The molecule has 5 rings (SSSR count). The molecule has 0 atom stereocenters. The SMILES string of the molecule is CC(=O)/C=C(/C)O.Cc1[c-]c(-c2nc3ccccc3c3c2sc2ccccc23)cc(C)c1.[Ir]. The maximum Gasteiger partial charge on any atom is 0.155 e. The predicted molar refractivity (Wildman–Crippen MR) is 135 cm³/mol.